The summed E-state index contributed by atoms with van der Waals surface area (Å²) in [7, 11) is 3.06. The summed E-state index contributed by atoms with van der Waals surface area (Å²) in [5.74, 6) is 0.185. The Morgan fingerprint density at radius 1 is 0.727 bits per heavy atom. The molecule has 0 saturated heterocycles. The predicted molar refractivity (Wildman–Crippen MR) is 101 cm³/mol. The lowest BCUT2D eigenvalue weighted by Gasteiger charge is -2.26. The van der Waals surface area contributed by atoms with Gasteiger partial charge in [-0.05, 0) is 18.8 Å². The van der Waals surface area contributed by atoms with Crippen LogP contribution in [0.2, 0.25) is 0 Å². The molecule has 0 aliphatic rings. The van der Waals surface area contributed by atoms with Crippen LogP contribution >= 0.6 is 21.6 Å². The van der Waals surface area contributed by atoms with E-state index in [0.717, 1.165) is 25.7 Å². The van der Waals surface area contributed by atoms with Gasteiger partial charge < -0.3 is 0 Å². The monoisotopic (exact) mass is 354 g/mol. The van der Waals surface area contributed by atoms with Crippen molar-refractivity contribution < 1.29 is 8.78 Å². The summed E-state index contributed by atoms with van der Waals surface area (Å²) in [5.41, 5.74) is 0. The molecule has 0 saturated carbocycles. The molecule has 0 amide bonds. The highest BCUT2D eigenvalue weighted by Crippen LogP contribution is 2.41. The molecule has 0 bridgehead atoms. The topological polar surface area (TPSA) is 0 Å². The fourth-order valence-corrected chi connectivity index (χ4v) is 5.28. The van der Waals surface area contributed by atoms with Crippen molar-refractivity contribution in [3.05, 3.63) is 0 Å². The van der Waals surface area contributed by atoms with Crippen molar-refractivity contribution in [1.29, 1.82) is 0 Å². The Morgan fingerprint density at radius 3 is 1.59 bits per heavy atom. The summed E-state index contributed by atoms with van der Waals surface area (Å²) in [6.07, 6.45) is 9.25. The van der Waals surface area contributed by atoms with Gasteiger partial charge in [0, 0.05) is 5.25 Å². The van der Waals surface area contributed by atoms with Gasteiger partial charge in [-0.25, -0.2) is 8.78 Å². The maximum absolute atomic E-state index is 13.5. The van der Waals surface area contributed by atoms with Crippen molar-refractivity contribution in [3.63, 3.8) is 0 Å². The second kappa shape index (κ2) is 15.1. The zero-order valence-corrected chi connectivity index (χ0v) is 16.6. The molecular weight excluding hydrogens is 318 g/mol. The van der Waals surface area contributed by atoms with E-state index in [1.807, 2.05) is 0 Å². The van der Waals surface area contributed by atoms with Gasteiger partial charge in [-0.2, -0.15) is 0 Å². The van der Waals surface area contributed by atoms with Crippen molar-refractivity contribution >= 4 is 21.6 Å². The van der Waals surface area contributed by atoms with Gasteiger partial charge in [0.05, 0.1) is 5.25 Å². The summed E-state index contributed by atoms with van der Waals surface area (Å²) in [6.45, 7) is 8.55. The molecular formula is C18H36F2S2. The second-order valence-corrected chi connectivity index (χ2v) is 9.53. The summed E-state index contributed by atoms with van der Waals surface area (Å²) in [6, 6.07) is 0. The number of rotatable bonds is 15. The van der Waals surface area contributed by atoms with Crippen LogP contribution in [0.5, 0.6) is 0 Å². The molecule has 0 aliphatic carbocycles. The molecule has 0 unspecified atom stereocenters. The molecule has 0 aromatic carbocycles. The Morgan fingerprint density at radius 2 is 1.23 bits per heavy atom. The Kier molecular flexibility index (Phi) is 15.5. The first-order valence-corrected chi connectivity index (χ1v) is 11.4. The van der Waals surface area contributed by atoms with E-state index in [2.05, 4.69) is 27.7 Å². The minimum Gasteiger partial charge on any atom is -0.209 e. The van der Waals surface area contributed by atoms with Gasteiger partial charge in [0.1, 0.15) is 0 Å². The van der Waals surface area contributed by atoms with Crippen LogP contribution in [-0.2, 0) is 0 Å². The van der Waals surface area contributed by atoms with Crippen molar-refractivity contribution in [3.8, 4) is 0 Å². The molecule has 0 aliphatic heterocycles. The van der Waals surface area contributed by atoms with Crippen LogP contribution in [0.1, 0.15) is 91.9 Å². The molecule has 0 aromatic rings. The molecule has 0 spiro atoms. The van der Waals surface area contributed by atoms with Crippen molar-refractivity contribution in [1.82, 2.24) is 0 Å². The first kappa shape index (κ1) is 22.6. The molecule has 1 atom stereocenters. The average Bonchev–Trinajstić information content (AvgIpc) is 2.46. The van der Waals surface area contributed by atoms with Crippen LogP contribution in [0.4, 0.5) is 8.78 Å². The van der Waals surface area contributed by atoms with Crippen molar-refractivity contribution in [2.24, 2.45) is 5.92 Å². The minimum atomic E-state index is -2.20. The standard InChI is InChI=1S/C18H36F2S2/c1-5-7-9-11-13-16(14-12-10-8-6-2)17(18(19)20)22-21-15(3)4/h15-18H,5-14H2,1-4H3/t17-/m1/s1. The highest BCUT2D eigenvalue weighted by Gasteiger charge is 2.30. The lowest BCUT2D eigenvalue weighted by atomic mass is 9.91. The lowest BCUT2D eigenvalue weighted by molar-refractivity contribution is 0.117. The fourth-order valence-electron chi connectivity index (χ4n) is 2.64. The normalized spacial score (nSPS) is 13.5. The first-order chi connectivity index (χ1) is 10.5. The quantitative estimate of drug-likeness (QED) is 0.216. The van der Waals surface area contributed by atoms with Gasteiger partial charge in [-0.1, -0.05) is 101 Å². The minimum absolute atomic E-state index is 0.185. The second-order valence-electron chi connectivity index (χ2n) is 6.50. The third-order valence-corrected chi connectivity index (χ3v) is 7.39. The molecule has 22 heavy (non-hydrogen) atoms. The van der Waals surface area contributed by atoms with Gasteiger partial charge in [0.15, 0.2) is 0 Å². The van der Waals surface area contributed by atoms with Crippen molar-refractivity contribution in [2.45, 2.75) is 109 Å². The molecule has 0 rings (SSSR count). The van der Waals surface area contributed by atoms with Crippen molar-refractivity contribution in [2.75, 3.05) is 0 Å². The maximum Gasteiger partial charge on any atom is 0.251 e. The Hall–Kier alpha value is 0.560. The fraction of sp³-hybridized carbons (Fsp3) is 1.00. The van der Waals surface area contributed by atoms with Crippen LogP contribution in [0, 0.1) is 5.92 Å². The van der Waals surface area contributed by atoms with E-state index in [4.69, 9.17) is 0 Å². The summed E-state index contributed by atoms with van der Waals surface area (Å²) < 4.78 is 27.0. The van der Waals surface area contributed by atoms with Crippen LogP contribution in [0.25, 0.3) is 0 Å². The molecule has 0 N–H and O–H groups in total. The molecule has 134 valence electrons. The molecule has 0 heterocycles. The molecule has 0 fully saturated rings. The predicted octanol–water partition coefficient (Wildman–Crippen LogP) is 7.97. The highest BCUT2D eigenvalue weighted by molar-refractivity contribution is 8.77. The Balaban J connectivity index is 4.44. The number of hydrogen-bond donors (Lipinski definition) is 0. The first-order valence-electron chi connectivity index (χ1n) is 9.13. The van der Waals surface area contributed by atoms with E-state index in [1.165, 1.54) is 49.3 Å². The zero-order chi connectivity index (χ0) is 16.8. The number of halogens is 2. The van der Waals surface area contributed by atoms with Crippen LogP contribution in [-0.4, -0.2) is 16.9 Å². The van der Waals surface area contributed by atoms with Gasteiger partial charge in [0.25, 0.3) is 6.43 Å². The number of hydrogen-bond acceptors (Lipinski definition) is 2. The van der Waals surface area contributed by atoms with E-state index in [0.29, 0.717) is 5.25 Å². The molecule has 0 aromatic heterocycles. The Bertz CT molecular complexity index is 223. The lowest BCUT2D eigenvalue weighted by Crippen LogP contribution is -2.25. The van der Waals surface area contributed by atoms with Crippen LogP contribution in [0.15, 0.2) is 0 Å². The highest BCUT2D eigenvalue weighted by atomic mass is 33.1. The van der Waals surface area contributed by atoms with E-state index >= 15 is 0 Å². The van der Waals surface area contributed by atoms with Gasteiger partial charge in [0.2, 0.25) is 0 Å². The van der Waals surface area contributed by atoms with Crippen LogP contribution < -0.4 is 0 Å². The Labute approximate surface area is 145 Å². The molecule has 0 radical (unpaired) electrons. The van der Waals surface area contributed by atoms with E-state index < -0.39 is 11.7 Å². The maximum atomic E-state index is 13.5. The summed E-state index contributed by atoms with van der Waals surface area (Å²) in [4.78, 5) is 0. The van der Waals surface area contributed by atoms with Gasteiger partial charge >= 0.3 is 0 Å². The summed E-state index contributed by atoms with van der Waals surface area (Å²) in [5, 5.41) is -0.0808. The van der Waals surface area contributed by atoms with Gasteiger partial charge in [-0.15, -0.1) is 0 Å². The van der Waals surface area contributed by atoms with E-state index in [9.17, 15) is 8.78 Å². The molecule has 0 nitrogen and oxygen atoms in total. The van der Waals surface area contributed by atoms with E-state index in [-0.39, 0.29) is 5.92 Å². The largest absolute Gasteiger partial charge is 0.251 e. The van der Waals surface area contributed by atoms with Crippen LogP contribution in [0.3, 0.4) is 0 Å². The smallest absolute Gasteiger partial charge is 0.209 e. The molecule has 4 heteroatoms. The third kappa shape index (κ3) is 12.0. The third-order valence-electron chi connectivity index (χ3n) is 3.93. The van der Waals surface area contributed by atoms with E-state index in [1.54, 1.807) is 10.8 Å². The number of unbranched alkanes of at least 4 members (excludes halogenated alkanes) is 6. The summed E-state index contributed by atoms with van der Waals surface area (Å²) >= 11 is 0. The average molecular weight is 355 g/mol. The number of alkyl halides is 2. The zero-order valence-electron chi connectivity index (χ0n) is 15.0. The van der Waals surface area contributed by atoms with Gasteiger partial charge in [-0.3, -0.25) is 0 Å². The SMILES string of the molecule is CCCCCCC(CCCCCC)[C@@H](SSC(C)C)C(F)F.